The highest BCUT2D eigenvalue weighted by Crippen LogP contribution is 2.26. The van der Waals surface area contributed by atoms with Crippen molar-refractivity contribution < 1.29 is 18.8 Å². The van der Waals surface area contributed by atoms with Crippen molar-refractivity contribution >= 4 is 17.0 Å². The van der Waals surface area contributed by atoms with Gasteiger partial charge < -0.3 is 9.84 Å². The van der Waals surface area contributed by atoms with Crippen LogP contribution in [-0.4, -0.2) is 28.4 Å². The monoisotopic (exact) mass is 366 g/mol. The molecule has 1 aromatic rings. The van der Waals surface area contributed by atoms with Crippen LogP contribution in [0.2, 0.25) is 0 Å². The molecular weight excluding hydrogens is 342 g/mol. The predicted octanol–water partition coefficient (Wildman–Crippen LogP) is 3.21. The van der Waals surface area contributed by atoms with Gasteiger partial charge in [0.15, 0.2) is 10.7 Å². The molecule has 2 atom stereocenters. The minimum atomic E-state index is -1.51. The number of rotatable bonds is 6. The molecule has 0 radical (unpaired) electrons. The molecule has 0 amide bonds. The topological polar surface area (TPSA) is 104 Å². The molecule has 0 saturated heterocycles. The lowest BCUT2D eigenvalue weighted by molar-refractivity contribution is -0.136. The molecule has 0 aromatic heterocycles. The Morgan fingerprint density at radius 3 is 2.36 bits per heavy atom. The van der Waals surface area contributed by atoms with E-state index in [9.17, 15) is 14.1 Å². The van der Waals surface area contributed by atoms with E-state index in [-0.39, 0.29) is 6.42 Å². The molecule has 2 N–H and O–H groups in total. The second-order valence-electron chi connectivity index (χ2n) is 6.71. The summed E-state index contributed by atoms with van der Waals surface area (Å²) < 4.78 is 20.0. The molecule has 0 unspecified atom stereocenters. The number of esters is 1. The third kappa shape index (κ3) is 5.96. The van der Waals surface area contributed by atoms with Crippen molar-refractivity contribution in [3.05, 3.63) is 46.3 Å². The van der Waals surface area contributed by atoms with Gasteiger partial charge >= 0.3 is 11.7 Å². The first-order valence-electron chi connectivity index (χ1n) is 7.70. The van der Waals surface area contributed by atoms with Crippen LogP contribution in [0, 0.1) is 17.7 Å². The molecule has 0 aliphatic carbocycles. The molecule has 0 spiro atoms. The summed E-state index contributed by atoms with van der Waals surface area (Å²) in [5.41, 5.74) is 0.0889. The number of hydrogen-bond donors (Lipinski definition) is 2. The van der Waals surface area contributed by atoms with Crippen LogP contribution in [0.15, 0.2) is 40.6 Å². The summed E-state index contributed by atoms with van der Waals surface area (Å²) >= 11 is 0. The third-order valence-corrected chi connectivity index (χ3v) is 4.88. The van der Waals surface area contributed by atoms with E-state index in [1.807, 2.05) is 39.8 Å². The molecular formula is C17H24N3O4S+. The van der Waals surface area contributed by atoms with Gasteiger partial charge in [0.25, 0.3) is 0 Å². The second-order valence-corrected chi connectivity index (χ2v) is 7.95. The van der Waals surface area contributed by atoms with E-state index in [0.29, 0.717) is 4.90 Å². The van der Waals surface area contributed by atoms with Gasteiger partial charge in [-0.15, -0.1) is 0 Å². The van der Waals surface area contributed by atoms with Crippen molar-refractivity contribution in [2.45, 2.75) is 45.1 Å². The highest BCUT2D eigenvalue weighted by molar-refractivity contribution is 7.83. The first kappa shape index (κ1) is 20.8. The number of carbonyl (C=O) groups excluding carboxylic acids is 1. The third-order valence-electron chi connectivity index (χ3n) is 3.68. The minimum absolute atomic E-state index is 0.0599. The van der Waals surface area contributed by atoms with Gasteiger partial charge in [0.05, 0.1) is 12.0 Å². The van der Waals surface area contributed by atoms with Crippen LogP contribution in [0.4, 0.5) is 0 Å². The van der Waals surface area contributed by atoms with Crippen LogP contribution in [0.5, 0.6) is 0 Å². The summed E-state index contributed by atoms with van der Waals surface area (Å²) in [6.07, 6.45) is -0.0599. The smallest absolute Gasteiger partial charge is 0.505 e. The van der Waals surface area contributed by atoms with E-state index in [1.54, 1.807) is 12.1 Å². The highest BCUT2D eigenvalue weighted by Gasteiger charge is 2.35. The quantitative estimate of drug-likeness (QED) is 0.348. The summed E-state index contributed by atoms with van der Waals surface area (Å²) in [7, 11) is -0.388. The van der Waals surface area contributed by atoms with Gasteiger partial charge in [-0.25, -0.2) is 13.7 Å². The average Bonchev–Trinajstić information content (AvgIpc) is 2.54. The van der Waals surface area contributed by atoms with E-state index >= 15 is 0 Å². The van der Waals surface area contributed by atoms with E-state index in [4.69, 9.17) is 5.39 Å². The molecule has 0 heterocycles. The fourth-order valence-electron chi connectivity index (χ4n) is 1.99. The summed E-state index contributed by atoms with van der Waals surface area (Å²) in [4.78, 5) is 14.9. The van der Waals surface area contributed by atoms with Gasteiger partial charge in [-0.2, -0.15) is 0 Å². The Balaban J connectivity index is 3.05. The summed E-state index contributed by atoms with van der Waals surface area (Å²) in [5, 5.41) is 19.1. The lowest BCUT2D eigenvalue weighted by atomic mass is 9.85. The van der Waals surface area contributed by atoms with E-state index in [0.717, 1.165) is 12.7 Å². The van der Waals surface area contributed by atoms with Gasteiger partial charge in [-0.3, -0.25) is 0 Å². The van der Waals surface area contributed by atoms with Gasteiger partial charge in [0.2, 0.25) is 5.39 Å². The number of aliphatic hydroxyl groups is 1. The Hall–Kier alpha value is -2.24. The number of methoxy groups -OCH3 is 1. The number of hydrogen-bond acceptors (Lipinski definition) is 5. The number of nitrogens with zero attached hydrogens (tertiary/aromatic N) is 2. The Morgan fingerprint density at radius 2 is 1.92 bits per heavy atom. The van der Waals surface area contributed by atoms with Crippen molar-refractivity contribution in [3.8, 4) is 0 Å². The first-order valence-corrected chi connectivity index (χ1v) is 8.85. The Kier molecular flexibility index (Phi) is 7.27. The Bertz CT molecular complexity index is 715. The zero-order chi connectivity index (χ0) is 19.2. The summed E-state index contributed by atoms with van der Waals surface area (Å²) in [6.45, 7) is 7.64. The fourth-order valence-corrected chi connectivity index (χ4v) is 3.20. The lowest BCUT2D eigenvalue weighted by Crippen LogP contribution is -2.41. The van der Waals surface area contributed by atoms with Crippen LogP contribution in [0.1, 0.15) is 32.8 Å². The molecule has 0 aliphatic rings. The molecule has 1 rings (SSSR count). The average molecular weight is 366 g/mol. The molecule has 25 heavy (non-hydrogen) atoms. The molecule has 7 nitrogen and oxygen atoms in total. The number of carbonyl (C=O) groups is 1. The predicted molar refractivity (Wildman–Crippen MR) is 95.3 cm³/mol. The Labute approximate surface area is 150 Å². The number of benzene rings is 1. The molecule has 136 valence electrons. The van der Waals surface area contributed by atoms with Crippen LogP contribution in [0.3, 0.4) is 0 Å². The normalized spacial score (nSPS) is 14.9. The lowest BCUT2D eigenvalue weighted by Gasteiger charge is -2.30. The maximum atomic E-state index is 12.6. The van der Waals surface area contributed by atoms with Crippen molar-refractivity contribution in [3.63, 3.8) is 0 Å². The van der Waals surface area contributed by atoms with Crippen molar-refractivity contribution in [2.24, 2.45) is 5.41 Å². The van der Waals surface area contributed by atoms with E-state index < -0.39 is 39.9 Å². The SMILES string of the molecule is COC(=O)/C([N+]#N)=C(\O)C[C@@H](N[S@@](=O)c1ccc(C)cc1)C(C)(C)C. The van der Waals surface area contributed by atoms with E-state index in [2.05, 4.69) is 14.4 Å². The van der Waals surface area contributed by atoms with Crippen molar-refractivity contribution in [2.75, 3.05) is 7.11 Å². The molecule has 1 aromatic carbocycles. The van der Waals surface area contributed by atoms with Crippen LogP contribution in [0.25, 0.3) is 4.98 Å². The van der Waals surface area contributed by atoms with Crippen LogP contribution in [-0.2, 0) is 20.5 Å². The minimum Gasteiger partial charge on any atom is -0.505 e. The number of diazo groups is 1. The standard InChI is InChI=1S/C17H23N3O4S/c1-11-6-8-12(9-7-11)25(23)20-14(17(2,3)4)10-13(21)15(19-18)16(22)24-5/h6-9,14,20H,10H2,1-5H3/p+1/t14-,25+/m1/s1. The van der Waals surface area contributed by atoms with Crippen molar-refractivity contribution in [1.29, 1.82) is 5.39 Å². The molecule has 0 bridgehead atoms. The number of aryl methyl sites for hydroxylation is 1. The highest BCUT2D eigenvalue weighted by atomic mass is 32.2. The largest absolute Gasteiger partial charge is 0.505 e. The number of ether oxygens (including phenoxy) is 1. The van der Waals surface area contributed by atoms with Crippen LogP contribution >= 0.6 is 0 Å². The maximum Gasteiger partial charge on any atom is 0.505 e. The summed E-state index contributed by atoms with van der Waals surface area (Å²) in [6, 6.07) is 6.78. The number of aliphatic hydroxyl groups excluding tert-OH is 1. The van der Waals surface area contributed by atoms with Crippen LogP contribution < -0.4 is 4.72 Å². The number of nitrogens with one attached hydrogen (secondary N) is 1. The van der Waals surface area contributed by atoms with Gasteiger partial charge in [0, 0.05) is 12.5 Å². The molecule has 0 aliphatic heterocycles. The van der Waals surface area contributed by atoms with Gasteiger partial charge in [0.1, 0.15) is 11.0 Å². The molecule has 0 fully saturated rings. The zero-order valence-corrected chi connectivity index (χ0v) is 15.9. The van der Waals surface area contributed by atoms with Gasteiger partial charge in [-0.05, 0) is 24.5 Å². The molecule has 8 heteroatoms. The first-order chi connectivity index (χ1) is 11.6. The van der Waals surface area contributed by atoms with Gasteiger partial charge in [-0.1, -0.05) is 38.5 Å². The maximum absolute atomic E-state index is 12.6. The zero-order valence-electron chi connectivity index (χ0n) is 15.1. The Morgan fingerprint density at radius 1 is 1.36 bits per heavy atom. The molecule has 0 saturated carbocycles. The van der Waals surface area contributed by atoms with E-state index in [1.165, 1.54) is 0 Å². The fraction of sp³-hybridized carbons (Fsp3) is 0.471. The summed E-state index contributed by atoms with van der Waals surface area (Å²) in [5.74, 6) is -1.39. The second kappa shape index (κ2) is 8.74. The van der Waals surface area contributed by atoms with Crippen molar-refractivity contribution in [1.82, 2.24) is 4.72 Å².